The van der Waals surface area contributed by atoms with Crippen LogP contribution in [0.4, 0.5) is 22.7 Å². The molecular formula is C57H57N4OPt-3. The molecule has 0 saturated heterocycles. The van der Waals surface area contributed by atoms with Crippen molar-refractivity contribution in [2.75, 3.05) is 9.80 Å². The van der Waals surface area contributed by atoms with Crippen molar-refractivity contribution in [1.82, 2.24) is 9.55 Å². The number of hydrogen-bond acceptors (Lipinski definition) is 4. The van der Waals surface area contributed by atoms with Crippen molar-refractivity contribution in [2.45, 2.75) is 97.8 Å². The van der Waals surface area contributed by atoms with E-state index >= 15 is 0 Å². The van der Waals surface area contributed by atoms with Gasteiger partial charge in [0, 0.05) is 66.8 Å². The molecule has 0 radical (unpaired) electrons. The molecule has 63 heavy (non-hydrogen) atoms. The van der Waals surface area contributed by atoms with Gasteiger partial charge in [-0.25, -0.2) is 4.98 Å². The molecule has 0 amide bonds. The number of pyridine rings is 1. The van der Waals surface area contributed by atoms with E-state index in [1.165, 1.54) is 27.8 Å². The van der Waals surface area contributed by atoms with Gasteiger partial charge in [-0.3, -0.25) is 0 Å². The van der Waals surface area contributed by atoms with Crippen molar-refractivity contribution >= 4 is 44.6 Å². The van der Waals surface area contributed by atoms with Gasteiger partial charge in [0.15, 0.2) is 0 Å². The number of benzene rings is 6. The zero-order chi connectivity index (χ0) is 43.8. The molecule has 0 unspecified atom stereocenters. The summed E-state index contributed by atoms with van der Waals surface area (Å²) in [5, 5.41) is 2.26. The third-order valence-electron chi connectivity index (χ3n) is 12.5. The van der Waals surface area contributed by atoms with Crippen molar-refractivity contribution < 1.29 is 25.8 Å². The molecule has 1 aliphatic rings. The minimum absolute atomic E-state index is 0. The molecular weight excluding hydrogens is 952 g/mol. The molecule has 0 aliphatic carbocycles. The summed E-state index contributed by atoms with van der Waals surface area (Å²) >= 11 is 0. The number of ether oxygens (including phenoxy) is 1. The average Bonchev–Trinajstić information content (AvgIpc) is 3.79. The Hall–Kier alpha value is -5.64. The maximum atomic E-state index is 6.70. The third-order valence-corrected chi connectivity index (χ3v) is 12.5. The predicted molar refractivity (Wildman–Crippen MR) is 259 cm³/mol. The zero-order valence-electron chi connectivity index (χ0n) is 38.4. The third kappa shape index (κ3) is 8.33. The molecule has 1 aliphatic heterocycles. The summed E-state index contributed by atoms with van der Waals surface area (Å²) in [4.78, 5) is 9.51. The fourth-order valence-electron chi connectivity index (χ4n) is 8.54. The first-order valence-electron chi connectivity index (χ1n) is 21.8. The molecule has 324 valence electrons. The number of aromatic nitrogens is 2. The van der Waals surface area contributed by atoms with Gasteiger partial charge in [0.1, 0.15) is 5.82 Å². The Bertz CT molecular complexity index is 2960. The molecule has 8 aromatic rings. The van der Waals surface area contributed by atoms with E-state index in [2.05, 4.69) is 225 Å². The number of anilines is 4. The second kappa shape index (κ2) is 16.2. The summed E-state index contributed by atoms with van der Waals surface area (Å²) in [6.45, 7) is 27.1. The topological polar surface area (TPSA) is 33.5 Å². The van der Waals surface area contributed by atoms with E-state index in [0.29, 0.717) is 11.5 Å². The van der Waals surface area contributed by atoms with Crippen LogP contribution in [0.25, 0.3) is 27.6 Å². The van der Waals surface area contributed by atoms with E-state index in [1.807, 2.05) is 24.4 Å². The molecule has 5 nitrogen and oxygen atoms in total. The number of rotatable bonds is 7. The summed E-state index contributed by atoms with van der Waals surface area (Å²) < 4.78 is 8.94. The molecule has 0 N–H and O–H groups in total. The second-order valence-electron chi connectivity index (χ2n) is 20.4. The Balaban J connectivity index is 0.00000544. The van der Waals surface area contributed by atoms with Crippen molar-refractivity contribution in [3.05, 3.63) is 186 Å². The van der Waals surface area contributed by atoms with Crippen LogP contribution in [0.15, 0.2) is 140 Å². The Morgan fingerprint density at radius 3 is 1.89 bits per heavy atom. The van der Waals surface area contributed by atoms with Gasteiger partial charge in [0.25, 0.3) is 0 Å². The SMILES string of the molecule is CC(C)(C)c1cccc(N2[CH-]N(c3[c-]c(Oc4[c-]c5c(cc4)c4cc(C(C)(C)C)ccc4n5-c4cc(C(C)(C)c5ccccc5)ccn4)ccc3)c3ccc(C(C)(C)C)cc32)c1.[Pt]. The largest absolute Gasteiger partial charge is 0.509 e. The van der Waals surface area contributed by atoms with Crippen molar-refractivity contribution in [3.63, 3.8) is 0 Å². The van der Waals surface area contributed by atoms with E-state index in [9.17, 15) is 0 Å². The first-order valence-corrected chi connectivity index (χ1v) is 21.8. The van der Waals surface area contributed by atoms with Crippen molar-refractivity contribution in [1.29, 1.82) is 0 Å². The molecule has 0 bridgehead atoms. The summed E-state index contributed by atoms with van der Waals surface area (Å²) in [5.74, 6) is 2.05. The molecule has 0 fully saturated rings. The molecule has 0 saturated carbocycles. The van der Waals surface area contributed by atoms with Crippen LogP contribution in [-0.2, 0) is 42.7 Å². The smallest absolute Gasteiger partial charge is 0.135 e. The normalized spacial score (nSPS) is 13.4. The fraction of sp³-hybridized carbons (Fsp3) is 0.263. The van der Waals surface area contributed by atoms with Crippen molar-refractivity contribution in [2.24, 2.45) is 0 Å². The number of fused-ring (bicyclic) bond motifs is 4. The minimum Gasteiger partial charge on any atom is -0.509 e. The van der Waals surface area contributed by atoms with Gasteiger partial charge in [0.2, 0.25) is 0 Å². The van der Waals surface area contributed by atoms with Crippen LogP contribution in [0.3, 0.4) is 0 Å². The standard InChI is InChI=1S/C57H57N4O.Pt/c1-54(2,3)39-19-15-20-43(31-39)60-37-59(50-28-24-41(33-52(50)60)56(7,8)9)44-21-16-22-45(35-44)62-46-25-26-47-48-32-40(55(4,5)6)23-27-49(48)61(51(47)36-46)53-34-42(29-30-58-53)57(10,11)38-17-13-12-14-18-38;/h12-34,37H,1-11H3;/q-3;. The van der Waals surface area contributed by atoms with Crippen LogP contribution in [0.2, 0.25) is 0 Å². The predicted octanol–water partition coefficient (Wildman–Crippen LogP) is 15.2. The van der Waals surface area contributed by atoms with E-state index in [-0.39, 0.29) is 42.7 Å². The van der Waals surface area contributed by atoms with Crippen LogP contribution in [0, 0.1) is 18.8 Å². The van der Waals surface area contributed by atoms with Gasteiger partial charge in [-0.2, -0.15) is 12.1 Å². The molecule has 0 atom stereocenters. The number of nitrogens with zero attached hydrogens (tertiary/aromatic N) is 4. The van der Waals surface area contributed by atoms with Gasteiger partial charge in [-0.05, 0) is 91.9 Å². The summed E-state index contributed by atoms with van der Waals surface area (Å²) in [7, 11) is 0. The Morgan fingerprint density at radius 1 is 0.508 bits per heavy atom. The monoisotopic (exact) mass is 1010 g/mol. The van der Waals surface area contributed by atoms with Gasteiger partial charge in [-0.1, -0.05) is 142 Å². The second-order valence-corrected chi connectivity index (χ2v) is 20.4. The van der Waals surface area contributed by atoms with E-state index in [4.69, 9.17) is 9.72 Å². The van der Waals surface area contributed by atoms with E-state index in [0.717, 1.165) is 50.4 Å². The fourth-order valence-corrected chi connectivity index (χ4v) is 8.54. The van der Waals surface area contributed by atoms with Gasteiger partial charge < -0.3 is 19.1 Å². The molecule has 9 rings (SSSR count). The quantitative estimate of drug-likeness (QED) is 0.149. The average molecular weight is 1010 g/mol. The Morgan fingerprint density at radius 2 is 1.16 bits per heavy atom. The molecule has 3 heterocycles. The number of hydrogen-bond donors (Lipinski definition) is 0. The minimum atomic E-state index is -0.231. The van der Waals surface area contributed by atoms with Gasteiger partial charge in [-0.15, -0.1) is 48.1 Å². The summed E-state index contributed by atoms with van der Waals surface area (Å²) in [6.07, 6.45) is 1.93. The summed E-state index contributed by atoms with van der Waals surface area (Å²) in [5.41, 5.74) is 12.3. The van der Waals surface area contributed by atoms with Crippen LogP contribution < -0.4 is 14.5 Å². The van der Waals surface area contributed by atoms with Gasteiger partial charge >= 0.3 is 0 Å². The van der Waals surface area contributed by atoms with Gasteiger partial charge in [0.05, 0.1) is 0 Å². The van der Waals surface area contributed by atoms with Crippen molar-refractivity contribution in [3.8, 4) is 17.3 Å². The zero-order valence-corrected chi connectivity index (χ0v) is 40.6. The maximum Gasteiger partial charge on any atom is 0.135 e. The van der Waals surface area contributed by atoms with Crippen LogP contribution in [-0.4, -0.2) is 9.55 Å². The van der Waals surface area contributed by atoms with E-state index in [1.54, 1.807) is 0 Å². The molecule has 6 heteroatoms. The van der Waals surface area contributed by atoms with Crippen LogP contribution >= 0.6 is 0 Å². The first-order chi connectivity index (χ1) is 29.4. The van der Waals surface area contributed by atoms with Crippen LogP contribution in [0.1, 0.15) is 104 Å². The molecule has 2 aromatic heterocycles. The Kier molecular flexibility index (Phi) is 11.3. The molecule has 0 spiro atoms. The Labute approximate surface area is 389 Å². The summed E-state index contributed by atoms with van der Waals surface area (Å²) in [6, 6.07) is 55.1. The first kappa shape index (κ1) is 44.0. The van der Waals surface area contributed by atoms with E-state index < -0.39 is 0 Å². The molecule has 6 aromatic carbocycles. The maximum absolute atomic E-state index is 6.70. The van der Waals surface area contributed by atoms with Crippen LogP contribution in [0.5, 0.6) is 11.5 Å².